The zero-order valence-corrected chi connectivity index (χ0v) is 24.4. The molecule has 5 rings (SSSR count). The van der Waals surface area contributed by atoms with Crippen molar-refractivity contribution < 1.29 is 33.0 Å². The molecule has 44 heavy (non-hydrogen) atoms. The van der Waals surface area contributed by atoms with Gasteiger partial charge in [0.1, 0.15) is 29.9 Å². The normalized spacial score (nSPS) is 12.9. The molecular formula is C34H30FN3O6. The lowest BCUT2D eigenvalue weighted by atomic mass is 10.0. The summed E-state index contributed by atoms with van der Waals surface area (Å²) < 4.78 is 25.7. The van der Waals surface area contributed by atoms with E-state index in [4.69, 9.17) is 9.47 Å². The van der Waals surface area contributed by atoms with Gasteiger partial charge in [-0.1, -0.05) is 60.2 Å². The van der Waals surface area contributed by atoms with Crippen LogP contribution in [0.25, 0.3) is 0 Å². The molecule has 0 saturated heterocycles. The third kappa shape index (κ3) is 6.00. The number of carbonyl (C=O) groups excluding carboxylic acids is 4. The van der Waals surface area contributed by atoms with Crippen LogP contribution in [0, 0.1) is 12.7 Å². The van der Waals surface area contributed by atoms with Crippen LogP contribution < -0.4 is 19.7 Å². The number of para-hydroxylation sites is 1. The van der Waals surface area contributed by atoms with Crippen molar-refractivity contribution in [1.82, 2.24) is 4.90 Å². The number of ether oxygens (including phenoxy) is 2. The number of hydrogen-bond donors (Lipinski definition) is 1. The first-order valence-electron chi connectivity index (χ1n) is 13.8. The summed E-state index contributed by atoms with van der Waals surface area (Å²) in [6.45, 7) is 1.04. The van der Waals surface area contributed by atoms with Crippen molar-refractivity contribution in [3.8, 4) is 11.5 Å². The number of aryl methyl sites for hydroxylation is 1. The predicted octanol–water partition coefficient (Wildman–Crippen LogP) is 5.09. The van der Waals surface area contributed by atoms with E-state index in [1.165, 1.54) is 43.4 Å². The summed E-state index contributed by atoms with van der Waals surface area (Å²) in [5.41, 5.74) is 2.34. The Labute approximate surface area is 253 Å². The lowest BCUT2D eigenvalue weighted by Crippen LogP contribution is -2.46. The van der Waals surface area contributed by atoms with E-state index in [-0.39, 0.29) is 17.7 Å². The molecule has 0 fully saturated rings. The average Bonchev–Trinajstić information content (AvgIpc) is 3.27. The van der Waals surface area contributed by atoms with Gasteiger partial charge >= 0.3 is 0 Å². The number of ketones is 1. The number of nitrogens with zero attached hydrogens (tertiary/aromatic N) is 2. The van der Waals surface area contributed by atoms with E-state index in [0.717, 1.165) is 10.5 Å². The Morgan fingerprint density at radius 3 is 2.32 bits per heavy atom. The summed E-state index contributed by atoms with van der Waals surface area (Å²) in [7, 11) is 2.95. The van der Waals surface area contributed by atoms with Crippen molar-refractivity contribution in [3.63, 3.8) is 0 Å². The lowest BCUT2D eigenvalue weighted by molar-refractivity contribution is -0.139. The highest BCUT2D eigenvalue weighted by atomic mass is 19.1. The molecule has 0 saturated carbocycles. The number of amides is 3. The Bertz CT molecular complexity index is 1740. The molecule has 9 nitrogen and oxygen atoms in total. The Morgan fingerprint density at radius 1 is 0.909 bits per heavy atom. The first kappa shape index (κ1) is 30.0. The van der Waals surface area contributed by atoms with Crippen LogP contribution in [0.1, 0.15) is 33.1 Å². The molecule has 1 atom stereocenters. The maximum atomic E-state index is 15.0. The van der Waals surface area contributed by atoms with Gasteiger partial charge in [-0.05, 0) is 42.8 Å². The van der Waals surface area contributed by atoms with E-state index < -0.39 is 41.9 Å². The fourth-order valence-corrected chi connectivity index (χ4v) is 5.09. The van der Waals surface area contributed by atoms with Crippen molar-refractivity contribution in [1.29, 1.82) is 0 Å². The van der Waals surface area contributed by atoms with Gasteiger partial charge in [0.2, 0.25) is 5.91 Å². The highest BCUT2D eigenvalue weighted by Crippen LogP contribution is 2.33. The van der Waals surface area contributed by atoms with Gasteiger partial charge in [0.05, 0.1) is 31.2 Å². The highest BCUT2D eigenvalue weighted by Gasteiger charge is 2.39. The second-order valence-electron chi connectivity index (χ2n) is 10.2. The van der Waals surface area contributed by atoms with Crippen molar-refractivity contribution in [3.05, 3.63) is 119 Å². The minimum atomic E-state index is -1.27. The summed E-state index contributed by atoms with van der Waals surface area (Å²) in [5.74, 6) is -2.59. The smallest absolute Gasteiger partial charge is 0.299 e. The fourth-order valence-electron chi connectivity index (χ4n) is 5.09. The molecule has 4 aromatic rings. The summed E-state index contributed by atoms with van der Waals surface area (Å²) in [6, 6.07) is 22.9. The molecular weight excluding hydrogens is 565 g/mol. The molecule has 1 aliphatic heterocycles. The number of methoxy groups -OCH3 is 2. The SMILES string of the molecule is COc1ccc(NC(=O)C(c2ccc(C)cc2)N(Cc2ccccc2F)C(=O)CN2C(=O)C(=O)c3ccccc32)c(OC)c1. The molecule has 1 aliphatic rings. The van der Waals surface area contributed by atoms with Crippen LogP contribution in [0.15, 0.2) is 91.0 Å². The molecule has 0 aromatic heterocycles. The zero-order chi connectivity index (χ0) is 31.4. The number of anilines is 2. The average molecular weight is 596 g/mol. The number of carbonyl (C=O) groups is 4. The molecule has 0 bridgehead atoms. The molecule has 0 radical (unpaired) electrons. The molecule has 10 heteroatoms. The van der Waals surface area contributed by atoms with E-state index >= 15 is 0 Å². The monoisotopic (exact) mass is 595 g/mol. The van der Waals surface area contributed by atoms with Gasteiger partial charge < -0.3 is 19.7 Å². The van der Waals surface area contributed by atoms with Gasteiger partial charge in [-0.2, -0.15) is 0 Å². The molecule has 1 heterocycles. The van der Waals surface area contributed by atoms with Gasteiger partial charge in [0, 0.05) is 18.2 Å². The minimum absolute atomic E-state index is 0.164. The van der Waals surface area contributed by atoms with E-state index in [9.17, 15) is 23.6 Å². The van der Waals surface area contributed by atoms with Crippen LogP contribution in [0.3, 0.4) is 0 Å². The Balaban J connectivity index is 1.57. The molecule has 3 amide bonds. The fraction of sp³-hybridized carbons (Fsp3) is 0.176. The predicted molar refractivity (Wildman–Crippen MR) is 162 cm³/mol. The molecule has 1 N–H and O–H groups in total. The largest absolute Gasteiger partial charge is 0.497 e. The summed E-state index contributed by atoms with van der Waals surface area (Å²) >= 11 is 0. The Kier molecular flexibility index (Phi) is 8.71. The van der Waals surface area contributed by atoms with Crippen molar-refractivity contribution in [2.24, 2.45) is 0 Å². The quantitative estimate of drug-likeness (QED) is 0.256. The maximum absolute atomic E-state index is 15.0. The van der Waals surface area contributed by atoms with Crippen LogP contribution in [0.2, 0.25) is 0 Å². The maximum Gasteiger partial charge on any atom is 0.299 e. The van der Waals surface area contributed by atoms with Crippen LogP contribution in [-0.2, 0) is 20.9 Å². The number of Topliss-reactive ketones (excluding diaryl/α,β-unsaturated/α-hetero) is 1. The van der Waals surface area contributed by atoms with Crippen molar-refractivity contribution in [2.75, 3.05) is 31.0 Å². The number of hydrogen-bond acceptors (Lipinski definition) is 6. The second kappa shape index (κ2) is 12.8. The molecule has 224 valence electrons. The Hall–Kier alpha value is -5.51. The summed E-state index contributed by atoms with van der Waals surface area (Å²) in [4.78, 5) is 56.3. The first-order chi connectivity index (χ1) is 21.2. The lowest BCUT2D eigenvalue weighted by Gasteiger charge is -2.33. The van der Waals surface area contributed by atoms with Gasteiger partial charge in [-0.15, -0.1) is 0 Å². The van der Waals surface area contributed by atoms with Crippen molar-refractivity contribution >= 4 is 34.9 Å². The molecule has 1 unspecified atom stereocenters. The number of halogens is 1. The number of fused-ring (bicyclic) bond motifs is 1. The van der Waals surface area contributed by atoms with Gasteiger partial charge in [-0.25, -0.2) is 4.39 Å². The minimum Gasteiger partial charge on any atom is -0.497 e. The van der Waals surface area contributed by atoms with Crippen molar-refractivity contribution in [2.45, 2.75) is 19.5 Å². The van der Waals surface area contributed by atoms with Gasteiger partial charge in [0.15, 0.2) is 0 Å². The number of rotatable bonds is 10. The van der Waals surface area contributed by atoms with E-state index in [2.05, 4.69) is 5.32 Å². The summed E-state index contributed by atoms with van der Waals surface area (Å²) in [5, 5.41) is 2.85. The summed E-state index contributed by atoms with van der Waals surface area (Å²) in [6.07, 6.45) is 0. The standard InChI is InChI=1S/C34H30FN3O6/c1-21-12-14-22(15-13-21)31(33(41)36-27-17-16-24(43-2)18-29(27)44-3)38(19-23-8-4-6-10-26(23)35)30(39)20-37-28-11-7-5-9-25(28)32(40)34(37)42/h4-18,31H,19-20H2,1-3H3,(H,36,41). The second-order valence-corrected chi connectivity index (χ2v) is 10.2. The zero-order valence-electron chi connectivity index (χ0n) is 24.4. The first-order valence-corrected chi connectivity index (χ1v) is 13.8. The highest BCUT2D eigenvalue weighted by molar-refractivity contribution is 6.52. The topological polar surface area (TPSA) is 105 Å². The molecule has 0 aliphatic carbocycles. The van der Waals surface area contributed by atoms with E-state index in [1.807, 2.05) is 6.92 Å². The van der Waals surface area contributed by atoms with Crippen LogP contribution in [-0.4, -0.2) is 49.2 Å². The van der Waals surface area contributed by atoms with Gasteiger partial charge in [0.25, 0.3) is 17.6 Å². The van der Waals surface area contributed by atoms with E-state index in [0.29, 0.717) is 28.4 Å². The number of benzene rings is 4. The van der Waals surface area contributed by atoms with Crippen LogP contribution >= 0.6 is 0 Å². The number of nitrogens with one attached hydrogen (secondary N) is 1. The molecule has 0 spiro atoms. The van der Waals surface area contributed by atoms with Gasteiger partial charge in [-0.3, -0.25) is 24.1 Å². The van der Waals surface area contributed by atoms with E-state index in [1.54, 1.807) is 66.7 Å². The Morgan fingerprint density at radius 2 is 1.61 bits per heavy atom. The molecule has 4 aromatic carbocycles. The third-order valence-electron chi connectivity index (χ3n) is 7.41. The third-order valence-corrected chi connectivity index (χ3v) is 7.41. The van der Waals surface area contributed by atoms with Crippen LogP contribution in [0.4, 0.5) is 15.8 Å². The van der Waals surface area contributed by atoms with Crippen LogP contribution in [0.5, 0.6) is 11.5 Å².